The second-order valence-electron chi connectivity index (χ2n) is 6.09. The molecule has 1 atom stereocenters. The Morgan fingerprint density at radius 3 is 2.67 bits per heavy atom. The Hall–Kier alpha value is -1.70. The van der Waals surface area contributed by atoms with Crippen molar-refractivity contribution in [3.63, 3.8) is 0 Å². The molecule has 0 bridgehead atoms. The Morgan fingerprint density at radius 2 is 2.14 bits per heavy atom. The number of nitrogens with one attached hydrogen (secondary N) is 2. The minimum atomic E-state index is -0.345. The van der Waals surface area contributed by atoms with E-state index in [1.165, 1.54) is 11.3 Å². The van der Waals surface area contributed by atoms with E-state index in [1.807, 2.05) is 27.7 Å². The lowest BCUT2D eigenvalue weighted by molar-refractivity contribution is -0.127. The fourth-order valence-corrected chi connectivity index (χ4v) is 2.87. The molecule has 0 saturated carbocycles. The van der Waals surface area contributed by atoms with Gasteiger partial charge in [0.15, 0.2) is 0 Å². The number of hydrogen-bond donors (Lipinski definition) is 2. The Bertz CT molecular complexity index is 537. The van der Waals surface area contributed by atoms with E-state index in [0.717, 1.165) is 5.01 Å². The van der Waals surface area contributed by atoms with E-state index in [-0.39, 0.29) is 23.4 Å². The first kappa shape index (κ1) is 15.7. The van der Waals surface area contributed by atoms with E-state index in [2.05, 4.69) is 20.8 Å². The highest BCUT2D eigenvalue weighted by Gasteiger charge is 2.29. The standard InChI is InChI=1S/C13H21N5O2S/c1-5-18-7-8(6-9(18)19)14-11(20)15-12-17-16-10(21-12)13(2,3)4/h8H,5-7H2,1-4H3,(H2,14,15,17,20)/t8-/m0/s1. The number of likely N-dealkylation sites (tertiary alicyclic amines) is 1. The average molecular weight is 311 g/mol. The summed E-state index contributed by atoms with van der Waals surface area (Å²) in [6, 6.07) is -0.491. The van der Waals surface area contributed by atoms with Gasteiger partial charge in [0, 0.05) is 24.9 Å². The molecular weight excluding hydrogens is 290 g/mol. The van der Waals surface area contributed by atoms with E-state index in [1.54, 1.807) is 4.90 Å². The summed E-state index contributed by atoms with van der Waals surface area (Å²) in [6.07, 6.45) is 0.352. The number of carbonyl (C=O) groups is 2. The van der Waals surface area contributed by atoms with Gasteiger partial charge in [0.2, 0.25) is 11.0 Å². The summed E-state index contributed by atoms with van der Waals surface area (Å²) in [5.41, 5.74) is -0.0897. The molecule has 0 radical (unpaired) electrons. The monoisotopic (exact) mass is 311 g/mol. The Labute approximate surface area is 128 Å². The van der Waals surface area contributed by atoms with Gasteiger partial charge in [-0.3, -0.25) is 10.1 Å². The number of aromatic nitrogens is 2. The quantitative estimate of drug-likeness (QED) is 0.887. The van der Waals surface area contributed by atoms with Crippen molar-refractivity contribution < 1.29 is 9.59 Å². The van der Waals surface area contributed by atoms with Crippen molar-refractivity contribution in [1.29, 1.82) is 0 Å². The first-order chi connectivity index (χ1) is 9.79. The van der Waals surface area contributed by atoms with Crippen LogP contribution >= 0.6 is 11.3 Å². The van der Waals surface area contributed by atoms with Crippen LogP contribution in [-0.2, 0) is 10.2 Å². The Kier molecular flexibility index (Phi) is 4.46. The van der Waals surface area contributed by atoms with Gasteiger partial charge in [-0.2, -0.15) is 0 Å². The predicted molar refractivity (Wildman–Crippen MR) is 81.4 cm³/mol. The summed E-state index contributed by atoms with van der Waals surface area (Å²) in [5.74, 6) is 0.0775. The molecule has 116 valence electrons. The summed E-state index contributed by atoms with van der Waals surface area (Å²) in [7, 11) is 0. The van der Waals surface area contributed by atoms with Crippen LogP contribution in [0.2, 0.25) is 0 Å². The third-order valence-electron chi connectivity index (χ3n) is 3.22. The molecule has 3 amide bonds. The van der Waals surface area contributed by atoms with Crippen LogP contribution in [0.5, 0.6) is 0 Å². The van der Waals surface area contributed by atoms with Gasteiger partial charge in [-0.25, -0.2) is 4.79 Å². The van der Waals surface area contributed by atoms with Gasteiger partial charge in [0.05, 0.1) is 6.04 Å². The lowest BCUT2D eigenvalue weighted by Crippen LogP contribution is -2.39. The fraction of sp³-hybridized carbons (Fsp3) is 0.692. The third kappa shape index (κ3) is 3.90. The van der Waals surface area contributed by atoms with Crippen LogP contribution < -0.4 is 10.6 Å². The molecule has 0 aliphatic carbocycles. The highest BCUT2D eigenvalue weighted by Crippen LogP contribution is 2.27. The number of likely N-dealkylation sites (N-methyl/N-ethyl adjacent to an activating group) is 1. The van der Waals surface area contributed by atoms with E-state index in [0.29, 0.717) is 24.6 Å². The number of anilines is 1. The highest BCUT2D eigenvalue weighted by molar-refractivity contribution is 7.15. The average Bonchev–Trinajstić information content (AvgIpc) is 2.95. The van der Waals surface area contributed by atoms with Crippen LogP contribution in [0.3, 0.4) is 0 Å². The van der Waals surface area contributed by atoms with Gasteiger partial charge >= 0.3 is 6.03 Å². The Morgan fingerprint density at radius 1 is 1.43 bits per heavy atom. The maximum atomic E-state index is 11.9. The van der Waals surface area contributed by atoms with Gasteiger partial charge < -0.3 is 10.2 Å². The number of urea groups is 1. The van der Waals surface area contributed by atoms with E-state index in [4.69, 9.17) is 0 Å². The number of hydrogen-bond acceptors (Lipinski definition) is 5. The van der Waals surface area contributed by atoms with Crippen molar-refractivity contribution in [2.24, 2.45) is 0 Å². The first-order valence-corrected chi connectivity index (χ1v) is 7.80. The van der Waals surface area contributed by atoms with E-state index < -0.39 is 0 Å². The third-order valence-corrected chi connectivity index (χ3v) is 4.48. The van der Waals surface area contributed by atoms with Gasteiger partial charge in [-0.15, -0.1) is 10.2 Å². The number of amides is 3. The molecule has 0 aromatic carbocycles. The molecule has 0 unspecified atom stereocenters. The van der Waals surface area contributed by atoms with Gasteiger partial charge in [0.25, 0.3) is 0 Å². The van der Waals surface area contributed by atoms with Crippen molar-refractivity contribution in [3.05, 3.63) is 5.01 Å². The first-order valence-electron chi connectivity index (χ1n) is 6.99. The molecule has 1 aromatic rings. The minimum absolute atomic E-state index is 0.0775. The molecule has 2 heterocycles. The zero-order valence-corrected chi connectivity index (χ0v) is 13.6. The zero-order valence-electron chi connectivity index (χ0n) is 12.8. The number of nitrogens with zero attached hydrogens (tertiary/aromatic N) is 3. The SMILES string of the molecule is CCN1C[C@@H](NC(=O)Nc2nnc(C(C)(C)C)s2)CC1=O. The maximum absolute atomic E-state index is 11.9. The molecule has 1 saturated heterocycles. The maximum Gasteiger partial charge on any atom is 0.321 e. The van der Waals surface area contributed by atoms with Crippen LogP contribution in [0, 0.1) is 0 Å². The molecule has 1 aliphatic rings. The highest BCUT2D eigenvalue weighted by atomic mass is 32.1. The fourth-order valence-electron chi connectivity index (χ4n) is 2.07. The van der Waals surface area contributed by atoms with Gasteiger partial charge in [-0.05, 0) is 6.92 Å². The smallest absolute Gasteiger partial charge is 0.321 e. The van der Waals surface area contributed by atoms with Crippen LogP contribution in [0.4, 0.5) is 9.93 Å². The lowest BCUT2D eigenvalue weighted by Gasteiger charge is -2.14. The molecule has 1 aliphatic heterocycles. The molecule has 2 rings (SSSR count). The summed E-state index contributed by atoms with van der Waals surface area (Å²) < 4.78 is 0. The zero-order chi connectivity index (χ0) is 15.6. The van der Waals surface area contributed by atoms with E-state index >= 15 is 0 Å². The summed E-state index contributed by atoms with van der Waals surface area (Å²) >= 11 is 1.36. The van der Waals surface area contributed by atoms with Crippen molar-refractivity contribution in [2.45, 2.75) is 45.6 Å². The van der Waals surface area contributed by atoms with Gasteiger partial charge in [-0.1, -0.05) is 32.1 Å². The number of carbonyl (C=O) groups excluding carboxylic acids is 2. The molecule has 1 aromatic heterocycles. The molecule has 0 spiro atoms. The van der Waals surface area contributed by atoms with Crippen molar-refractivity contribution in [3.8, 4) is 0 Å². The van der Waals surface area contributed by atoms with Gasteiger partial charge in [0.1, 0.15) is 5.01 Å². The van der Waals surface area contributed by atoms with Crippen LogP contribution in [0.25, 0.3) is 0 Å². The second kappa shape index (κ2) is 5.97. The topological polar surface area (TPSA) is 87.2 Å². The lowest BCUT2D eigenvalue weighted by atomic mass is 9.98. The van der Waals surface area contributed by atoms with Crippen molar-refractivity contribution >= 4 is 28.4 Å². The molecule has 1 fully saturated rings. The van der Waals surface area contributed by atoms with E-state index in [9.17, 15) is 9.59 Å². The largest absolute Gasteiger partial charge is 0.341 e. The molecule has 21 heavy (non-hydrogen) atoms. The van der Waals surface area contributed by atoms with Crippen molar-refractivity contribution in [2.75, 3.05) is 18.4 Å². The number of rotatable bonds is 3. The molecule has 8 heteroatoms. The molecular formula is C13H21N5O2S. The minimum Gasteiger partial charge on any atom is -0.341 e. The Balaban J connectivity index is 1.88. The summed E-state index contributed by atoms with van der Waals surface area (Å²) in [4.78, 5) is 25.2. The van der Waals surface area contributed by atoms with Crippen LogP contribution in [-0.4, -0.2) is 46.2 Å². The van der Waals surface area contributed by atoms with Crippen LogP contribution in [0.1, 0.15) is 39.1 Å². The van der Waals surface area contributed by atoms with Crippen molar-refractivity contribution in [1.82, 2.24) is 20.4 Å². The summed E-state index contributed by atoms with van der Waals surface area (Å²) in [6.45, 7) is 9.29. The normalized spacial score (nSPS) is 19.0. The molecule has 7 nitrogen and oxygen atoms in total. The second-order valence-corrected chi connectivity index (χ2v) is 7.07. The molecule has 2 N–H and O–H groups in total. The predicted octanol–water partition coefficient (Wildman–Crippen LogP) is 1.58. The summed E-state index contributed by atoms with van der Waals surface area (Å²) in [5, 5.41) is 14.8. The van der Waals surface area contributed by atoms with Crippen LogP contribution in [0.15, 0.2) is 0 Å².